The summed E-state index contributed by atoms with van der Waals surface area (Å²) in [4.78, 5) is 9.18. The number of hydrogen-bond donors (Lipinski definition) is 0. The molecule has 1 aliphatic heterocycles. The summed E-state index contributed by atoms with van der Waals surface area (Å²) in [6.45, 7) is 1.79. The molecule has 0 N–H and O–H groups in total. The van der Waals surface area contributed by atoms with Gasteiger partial charge in [-0.3, -0.25) is 0 Å². The number of halogens is 1. The summed E-state index contributed by atoms with van der Waals surface area (Å²) in [5.41, 5.74) is 0. The number of sulfonamides is 1. The number of nitrogens with zero attached hydrogens (tertiary/aromatic N) is 4. The van der Waals surface area contributed by atoms with Crippen molar-refractivity contribution in [1.29, 1.82) is 0 Å². The van der Waals surface area contributed by atoms with E-state index in [-0.39, 0.29) is 0 Å². The zero-order chi connectivity index (χ0) is 12.5. The molecule has 1 aliphatic rings. The number of anilines is 1. The van der Waals surface area contributed by atoms with Crippen LogP contribution >= 0.6 is 0 Å². The summed E-state index contributed by atoms with van der Waals surface area (Å²) < 4.78 is 36.9. The molecule has 2 rings (SSSR count). The van der Waals surface area contributed by atoms with Crippen LogP contribution in [0.1, 0.15) is 0 Å². The Balaban J connectivity index is 2.05. The van der Waals surface area contributed by atoms with Crippen molar-refractivity contribution in [3.63, 3.8) is 0 Å². The topological polar surface area (TPSA) is 66.4 Å². The SMILES string of the molecule is CS(=O)(=O)N1CCN(c2cc(F)ncn2)CC1. The van der Waals surface area contributed by atoms with Crippen molar-refractivity contribution in [2.24, 2.45) is 0 Å². The molecule has 1 aromatic rings. The first-order valence-electron chi connectivity index (χ1n) is 5.14. The van der Waals surface area contributed by atoms with E-state index in [0.29, 0.717) is 32.0 Å². The Bertz CT molecular complexity index is 499. The fraction of sp³-hybridized carbons (Fsp3) is 0.556. The number of rotatable bonds is 2. The van der Waals surface area contributed by atoms with Crippen molar-refractivity contribution >= 4 is 15.8 Å². The van der Waals surface area contributed by atoms with Crippen LogP contribution in [0.5, 0.6) is 0 Å². The van der Waals surface area contributed by atoms with Crippen LogP contribution in [0, 0.1) is 5.95 Å². The van der Waals surface area contributed by atoms with Crippen molar-refractivity contribution in [2.45, 2.75) is 0 Å². The third-order valence-corrected chi connectivity index (χ3v) is 3.95. The fourth-order valence-corrected chi connectivity index (χ4v) is 2.57. The smallest absolute Gasteiger partial charge is 0.218 e. The lowest BCUT2D eigenvalue weighted by Crippen LogP contribution is -2.48. The van der Waals surface area contributed by atoms with Crippen molar-refractivity contribution in [3.8, 4) is 0 Å². The second-order valence-corrected chi connectivity index (χ2v) is 5.83. The van der Waals surface area contributed by atoms with Gasteiger partial charge in [0.05, 0.1) is 6.26 Å². The molecule has 17 heavy (non-hydrogen) atoms. The van der Waals surface area contributed by atoms with E-state index in [4.69, 9.17) is 0 Å². The first-order chi connectivity index (χ1) is 7.97. The van der Waals surface area contributed by atoms with Gasteiger partial charge in [0.2, 0.25) is 16.0 Å². The molecule has 1 aromatic heterocycles. The Labute approximate surface area is 99.1 Å². The standard InChI is InChI=1S/C9H13FN4O2S/c1-17(15,16)14-4-2-13(3-5-14)9-6-8(10)11-7-12-9/h6-7H,2-5H2,1H3. The Hall–Kier alpha value is -1.28. The molecule has 8 heteroatoms. The zero-order valence-corrected chi connectivity index (χ0v) is 10.2. The van der Waals surface area contributed by atoms with Crippen LogP contribution in [-0.4, -0.2) is 55.1 Å². The van der Waals surface area contributed by atoms with Gasteiger partial charge in [-0.25, -0.2) is 18.4 Å². The molecule has 0 unspecified atom stereocenters. The van der Waals surface area contributed by atoms with E-state index in [9.17, 15) is 12.8 Å². The minimum absolute atomic E-state index is 0.393. The van der Waals surface area contributed by atoms with Crippen LogP contribution in [0.25, 0.3) is 0 Å². The number of hydrogen-bond acceptors (Lipinski definition) is 5. The van der Waals surface area contributed by atoms with Gasteiger partial charge >= 0.3 is 0 Å². The van der Waals surface area contributed by atoms with Gasteiger partial charge in [0.25, 0.3) is 0 Å². The molecule has 1 fully saturated rings. The van der Waals surface area contributed by atoms with E-state index >= 15 is 0 Å². The van der Waals surface area contributed by atoms with E-state index in [1.807, 2.05) is 4.90 Å². The van der Waals surface area contributed by atoms with Crippen molar-refractivity contribution in [2.75, 3.05) is 37.3 Å². The molecule has 2 heterocycles. The second kappa shape index (κ2) is 4.53. The second-order valence-electron chi connectivity index (χ2n) is 3.85. The van der Waals surface area contributed by atoms with Gasteiger partial charge in [0.1, 0.15) is 12.1 Å². The van der Waals surface area contributed by atoms with Crippen LogP contribution in [-0.2, 0) is 10.0 Å². The molecule has 1 saturated heterocycles. The fourth-order valence-electron chi connectivity index (χ4n) is 1.75. The zero-order valence-electron chi connectivity index (χ0n) is 9.37. The lowest BCUT2D eigenvalue weighted by atomic mass is 10.3. The molecule has 0 bridgehead atoms. The summed E-state index contributed by atoms with van der Waals surface area (Å²) in [7, 11) is -3.14. The van der Waals surface area contributed by atoms with E-state index in [0.717, 1.165) is 6.33 Å². The summed E-state index contributed by atoms with van der Waals surface area (Å²) in [5.74, 6) is -0.0915. The highest BCUT2D eigenvalue weighted by Gasteiger charge is 2.24. The molecule has 0 aromatic carbocycles. The average Bonchev–Trinajstić information content (AvgIpc) is 2.28. The summed E-state index contributed by atoms with van der Waals surface area (Å²) in [6, 6.07) is 1.25. The van der Waals surface area contributed by atoms with Gasteiger partial charge < -0.3 is 4.90 Å². The maximum absolute atomic E-state index is 12.9. The first-order valence-corrected chi connectivity index (χ1v) is 6.99. The van der Waals surface area contributed by atoms with E-state index < -0.39 is 16.0 Å². The molecule has 6 nitrogen and oxygen atoms in total. The van der Waals surface area contributed by atoms with Gasteiger partial charge in [-0.1, -0.05) is 0 Å². The van der Waals surface area contributed by atoms with Crippen molar-refractivity contribution in [3.05, 3.63) is 18.3 Å². The number of aromatic nitrogens is 2. The largest absolute Gasteiger partial charge is 0.354 e. The molecular weight excluding hydrogens is 247 g/mol. The summed E-state index contributed by atoms with van der Waals surface area (Å²) in [6.07, 6.45) is 2.35. The maximum Gasteiger partial charge on any atom is 0.218 e. The van der Waals surface area contributed by atoms with Gasteiger partial charge in [-0.2, -0.15) is 8.70 Å². The molecule has 0 saturated carbocycles. The van der Waals surface area contributed by atoms with Crippen LogP contribution in [0.3, 0.4) is 0 Å². The first kappa shape index (κ1) is 12.2. The Morgan fingerprint density at radius 3 is 2.41 bits per heavy atom. The van der Waals surface area contributed by atoms with Crippen LogP contribution in [0.2, 0.25) is 0 Å². The van der Waals surface area contributed by atoms with E-state index in [1.54, 1.807) is 0 Å². The number of piperazine rings is 1. The third kappa shape index (κ3) is 2.89. The molecular formula is C9H13FN4O2S. The maximum atomic E-state index is 12.9. The molecule has 0 aliphatic carbocycles. The minimum atomic E-state index is -3.14. The molecule has 0 amide bonds. The van der Waals surface area contributed by atoms with Gasteiger partial charge in [0, 0.05) is 32.2 Å². The van der Waals surface area contributed by atoms with Crippen molar-refractivity contribution < 1.29 is 12.8 Å². The van der Waals surface area contributed by atoms with Gasteiger partial charge in [0.15, 0.2) is 0 Å². The Kier molecular flexibility index (Phi) is 3.25. The van der Waals surface area contributed by atoms with Crippen molar-refractivity contribution in [1.82, 2.24) is 14.3 Å². The molecule has 0 spiro atoms. The predicted octanol–water partition coefficient (Wildman–Crippen LogP) is -0.303. The highest BCUT2D eigenvalue weighted by atomic mass is 32.2. The minimum Gasteiger partial charge on any atom is -0.354 e. The van der Waals surface area contributed by atoms with Crippen LogP contribution in [0.4, 0.5) is 10.2 Å². The predicted molar refractivity (Wildman–Crippen MR) is 60.6 cm³/mol. The van der Waals surface area contributed by atoms with Crippen LogP contribution in [0.15, 0.2) is 12.4 Å². The van der Waals surface area contributed by atoms with Crippen LogP contribution < -0.4 is 4.90 Å². The lowest BCUT2D eigenvalue weighted by Gasteiger charge is -2.33. The normalized spacial score (nSPS) is 18.4. The Morgan fingerprint density at radius 1 is 1.24 bits per heavy atom. The average molecular weight is 260 g/mol. The molecule has 94 valence electrons. The monoisotopic (exact) mass is 260 g/mol. The highest BCUT2D eigenvalue weighted by Crippen LogP contribution is 2.14. The molecule has 0 radical (unpaired) electrons. The van der Waals surface area contributed by atoms with Gasteiger partial charge in [-0.15, -0.1) is 0 Å². The highest BCUT2D eigenvalue weighted by molar-refractivity contribution is 7.88. The van der Waals surface area contributed by atoms with E-state index in [2.05, 4.69) is 9.97 Å². The lowest BCUT2D eigenvalue weighted by molar-refractivity contribution is 0.386. The quantitative estimate of drug-likeness (QED) is 0.683. The summed E-state index contributed by atoms with van der Waals surface area (Å²) >= 11 is 0. The third-order valence-electron chi connectivity index (χ3n) is 2.65. The van der Waals surface area contributed by atoms with E-state index in [1.165, 1.54) is 16.6 Å². The summed E-state index contributed by atoms with van der Waals surface area (Å²) in [5, 5.41) is 0. The Morgan fingerprint density at radius 2 is 1.88 bits per heavy atom. The molecule has 0 atom stereocenters. The van der Waals surface area contributed by atoms with Gasteiger partial charge in [-0.05, 0) is 0 Å².